The van der Waals surface area contributed by atoms with Crippen LogP contribution in [0.4, 0.5) is 5.69 Å². The Morgan fingerprint density at radius 3 is 2.13 bits per heavy atom. The van der Waals surface area contributed by atoms with Crippen molar-refractivity contribution in [1.29, 1.82) is 0 Å². The molecule has 0 amide bonds. The third kappa shape index (κ3) is 4.25. The molecule has 9 heteroatoms. The molecule has 2 aromatic rings. The van der Waals surface area contributed by atoms with Crippen LogP contribution >= 0.6 is 0 Å². The van der Waals surface area contributed by atoms with Crippen molar-refractivity contribution in [2.75, 3.05) is 26.1 Å². The Kier molecular flexibility index (Phi) is 6.31. The molecule has 0 fully saturated rings. The maximum Gasteiger partial charge on any atom is 0.339 e. The van der Waals surface area contributed by atoms with Crippen LogP contribution in [0, 0.1) is 0 Å². The van der Waals surface area contributed by atoms with E-state index in [-0.39, 0.29) is 27.5 Å². The van der Waals surface area contributed by atoms with Crippen LogP contribution in [0.5, 0.6) is 5.75 Å². The van der Waals surface area contributed by atoms with Gasteiger partial charge in [-0.3, -0.25) is 4.72 Å². The van der Waals surface area contributed by atoms with Gasteiger partial charge in [-0.1, -0.05) is 0 Å². The summed E-state index contributed by atoms with van der Waals surface area (Å²) in [6.07, 6.45) is 3.68. The maximum atomic E-state index is 13.2. The number of carbonyl (C=O) groups is 2. The summed E-state index contributed by atoms with van der Waals surface area (Å²) in [6.45, 7) is 0. The number of methoxy groups -OCH3 is 3. The molecule has 0 aliphatic heterocycles. The zero-order valence-corrected chi connectivity index (χ0v) is 17.8. The van der Waals surface area contributed by atoms with E-state index in [0.29, 0.717) is 0 Å². The standard InChI is InChI=1S/C21H23NO7S/c1-27-18-11-13-6-4-5-7-14(13)12-19(18)30(25,26)22-17-10-15(20(23)28-2)8-9-16(17)21(24)29-3/h8-12,22H,4-7H2,1-3H3. The molecule has 1 aliphatic carbocycles. The van der Waals surface area contributed by atoms with Crippen LogP contribution in [-0.2, 0) is 32.3 Å². The molecule has 2 aromatic carbocycles. The summed E-state index contributed by atoms with van der Waals surface area (Å²) in [5, 5.41) is 0. The van der Waals surface area contributed by atoms with Crippen LogP contribution < -0.4 is 9.46 Å². The average molecular weight is 433 g/mol. The SMILES string of the molecule is COC(=O)c1ccc(C(=O)OC)c(NS(=O)(=O)c2cc3c(cc2OC)CCCC3)c1. The van der Waals surface area contributed by atoms with Crippen LogP contribution in [0.25, 0.3) is 0 Å². The second-order valence-corrected chi connectivity index (χ2v) is 8.48. The van der Waals surface area contributed by atoms with Gasteiger partial charge in [-0.15, -0.1) is 0 Å². The average Bonchev–Trinajstić information content (AvgIpc) is 2.76. The third-order valence-electron chi connectivity index (χ3n) is 5.01. The third-order valence-corrected chi connectivity index (χ3v) is 6.39. The lowest BCUT2D eigenvalue weighted by atomic mass is 9.92. The minimum absolute atomic E-state index is 0.0364. The van der Waals surface area contributed by atoms with Gasteiger partial charge in [-0.05, 0) is 67.1 Å². The normalized spacial score (nSPS) is 13.2. The number of esters is 2. The molecule has 160 valence electrons. The predicted molar refractivity (Wildman–Crippen MR) is 110 cm³/mol. The Labute approximate surface area is 175 Å². The summed E-state index contributed by atoms with van der Waals surface area (Å²) in [6, 6.07) is 7.25. The summed E-state index contributed by atoms with van der Waals surface area (Å²) in [7, 11) is -0.345. The fourth-order valence-electron chi connectivity index (χ4n) is 3.47. The molecule has 0 saturated heterocycles. The molecule has 0 saturated carbocycles. The van der Waals surface area contributed by atoms with Crippen LogP contribution in [0.3, 0.4) is 0 Å². The number of ether oxygens (including phenoxy) is 3. The van der Waals surface area contributed by atoms with Gasteiger partial charge < -0.3 is 14.2 Å². The Morgan fingerprint density at radius 2 is 1.53 bits per heavy atom. The molecule has 3 rings (SSSR count). The summed E-state index contributed by atoms with van der Waals surface area (Å²) >= 11 is 0. The van der Waals surface area contributed by atoms with Gasteiger partial charge in [-0.25, -0.2) is 18.0 Å². The van der Waals surface area contributed by atoms with Gasteiger partial charge >= 0.3 is 11.9 Å². The Balaban J connectivity index is 2.08. The highest BCUT2D eigenvalue weighted by molar-refractivity contribution is 7.92. The van der Waals surface area contributed by atoms with Crippen molar-refractivity contribution in [3.05, 3.63) is 52.6 Å². The van der Waals surface area contributed by atoms with Crippen LogP contribution in [0.15, 0.2) is 35.2 Å². The minimum atomic E-state index is -4.14. The fourth-order valence-corrected chi connectivity index (χ4v) is 4.74. The molecule has 0 spiro atoms. The van der Waals surface area contributed by atoms with Crippen molar-refractivity contribution in [2.24, 2.45) is 0 Å². The number of anilines is 1. The molecule has 30 heavy (non-hydrogen) atoms. The van der Waals surface area contributed by atoms with E-state index in [1.807, 2.05) is 0 Å². The smallest absolute Gasteiger partial charge is 0.339 e. The molecule has 0 bridgehead atoms. The molecule has 0 atom stereocenters. The lowest BCUT2D eigenvalue weighted by molar-refractivity contribution is 0.0587. The van der Waals surface area contributed by atoms with Gasteiger partial charge in [0, 0.05) is 0 Å². The van der Waals surface area contributed by atoms with Crippen LogP contribution in [-0.4, -0.2) is 41.7 Å². The van der Waals surface area contributed by atoms with Crippen molar-refractivity contribution in [3.63, 3.8) is 0 Å². The van der Waals surface area contributed by atoms with Gasteiger partial charge in [0.15, 0.2) is 0 Å². The first-order valence-corrected chi connectivity index (χ1v) is 10.8. The maximum absolute atomic E-state index is 13.2. The summed E-state index contributed by atoms with van der Waals surface area (Å²) < 4.78 is 43.6. The number of hydrogen-bond donors (Lipinski definition) is 1. The molecule has 0 aromatic heterocycles. The van der Waals surface area contributed by atoms with E-state index in [1.54, 1.807) is 12.1 Å². The van der Waals surface area contributed by atoms with E-state index in [1.165, 1.54) is 39.5 Å². The number of carbonyl (C=O) groups excluding carboxylic acids is 2. The quantitative estimate of drug-likeness (QED) is 0.698. The first kappa shape index (κ1) is 21.6. The second-order valence-electron chi connectivity index (χ2n) is 6.83. The monoisotopic (exact) mass is 433 g/mol. The van der Waals surface area contributed by atoms with Crippen molar-refractivity contribution in [2.45, 2.75) is 30.6 Å². The highest BCUT2D eigenvalue weighted by Crippen LogP contribution is 2.33. The zero-order valence-electron chi connectivity index (χ0n) is 17.0. The van der Waals surface area contributed by atoms with Crippen molar-refractivity contribution >= 4 is 27.6 Å². The number of sulfonamides is 1. The van der Waals surface area contributed by atoms with E-state index >= 15 is 0 Å². The van der Waals surface area contributed by atoms with Gasteiger partial charge in [0.05, 0.1) is 38.1 Å². The van der Waals surface area contributed by atoms with Crippen molar-refractivity contribution in [3.8, 4) is 5.75 Å². The Bertz CT molecular complexity index is 1090. The van der Waals surface area contributed by atoms with E-state index in [0.717, 1.165) is 36.8 Å². The number of fused-ring (bicyclic) bond motifs is 1. The Morgan fingerprint density at radius 1 is 0.900 bits per heavy atom. The lowest BCUT2D eigenvalue weighted by Gasteiger charge is -2.20. The highest BCUT2D eigenvalue weighted by atomic mass is 32.2. The van der Waals surface area contributed by atoms with Gasteiger partial charge in [-0.2, -0.15) is 0 Å². The highest BCUT2D eigenvalue weighted by Gasteiger charge is 2.26. The van der Waals surface area contributed by atoms with Gasteiger partial charge in [0.2, 0.25) is 0 Å². The fraction of sp³-hybridized carbons (Fsp3) is 0.333. The number of hydrogen-bond acceptors (Lipinski definition) is 7. The van der Waals surface area contributed by atoms with E-state index in [4.69, 9.17) is 9.47 Å². The number of rotatable bonds is 6. The summed E-state index contributed by atoms with van der Waals surface area (Å²) in [4.78, 5) is 24.0. The first-order chi connectivity index (χ1) is 14.3. The predicted octanol–water partition coefficient (Wildman–Crippen LogP) is 2.95. The summed E-state index contributed by atoms with van der Waals surface area (Å²) in [5.74, 6) is -1.20. The van der Waals surface area contributed by atoms with E-state index in [2.05, 4.69) is 9.46 Å². The second kappa shape index (κ2) is 8.74. The lowest BCUT2D eigenvalue weighted by Crippen LogP contribution is -2.18. The first-order valence-electron chi connectivity index (χ1n) is 9.34. The molecule has 0 unspecified atom stereocenters. The largest absolute Gasteiger partial charge is 0.495 e. The topological polar surface area (TPSA) is 108 Å². The van der Waals surface area contributed by atoms with Gasteiger partial charge in [0.25, 0.3) is 10.0 Å². The molecule has 8 nitrogen and oxygen atoms in total. The Hall–Kier alpha value is -3.07. The summed E-state index contributed by atoms with van der Waals surface area (Å²) in [5.41, 5.74) is 1.98. The number of nitrogens with one attached hydrogen (secondary N) is 1. The zero-order chi connectivity index (χ0) is 21.9. The molecular weight excluding hydrogens is 410 g/mol. The molecule has 0 radical (unpaired) electrons. The molecule has 1 N–H and O–H groups in total. The number of aryl methyl sites for hydroxylation is 2. The van der Waals surface area contributed by atoms with E-state index in [9.17, 15) is 18.0 Å². The van der Waals surface area contributed by atoms with Gasteiger partial charge in [0.1, 0.15) is 10.6 Å². The van der Waals surface area contributed by atoms with Crippen LogP contribution in [0.1, 0.15) is 44.7 Å². The molecule has 1 aliphatic rings. The molecular formula is C21H23NO7S. The van der Waals surface area contributed by atoms with Crippen molar-refractivity contribution < 1.29 is 32.2 Å². The van der Waals surface area contributed by atoms with Crippen LogP contribution in [0.2, 0.25) is 0 Å². The van der Waals surface area contributed by atoms with Crippen molar-refractivity contribution in [1.82, 2.24) is 0 Å². The van der Waals surface area contributed by atoms with E-state index < -0.39 is 22.0 Å². The minimum Gasteiger partial charge on any atom is -0.495 e. The molecule has 0 heterocycles. The number of benzene rings is 2.